The molecule has 0 bridgehead atoms. The summed E-state index contributed by atoms with van der Waals surface area (Å²) >= 11 is 0. The van der Waals surface area contributed by atoms with Crippen molar-refractivity contribution in [2.24, 2.45) is 0 Å². The quantitative estimate of drug-likeness (QED) is 0.482. The summed E-state index contributed by atoms with van der Waals surface area (Å²) in [5, 5.41) is 0. The summed E-state index contributed by atoms with van der Waals surface area (Å²) in [4.78, 5) is 10.1. The Bertz CT molecular complexity index is 147. The van der Waals surface area contributed by atoms with Gasteiger partial charge in [-0.25, -0.2) is 0 Å². The highest BCUT2D eigenvalue weighted by Gasteiger charge is 2.21. The van der Waals surface area contributed by atoms with Gasteiger partial charge in [0.05, 0.1) is 18.8 Å². The van der Waals surface area contributed by atoms with E-state index in [0.717, 1.165) is 25.5 Å². The third-order valence-corrected chi connectivity index (χ3v) is 2.50. The zero-order valence-corrected chi connectivity index (χ0v) is 8.20. The Morgan fingerprint density at radius 1 is 1.38 bits per heavy atom. The van der Waals surface area contributed by atoms with Crippen molar-refractivity contribution < 1.29 is 14.3 Å². The summed E-state index contributed by atoms with van der Waals surface area (Å²) in [5.74, 6) is 0. The van der Waals surface area contributed by atoms with Gasteiger partial charge in [0.2, 0.25) is 0 Å². The molecule has 0 amide bonds. The number of ether oxygens (including phenoxy) is 2. The predicted octanol–water partition coefficient (Wildman–Crippen LogP) is 1.55. The first-order valence-electron chi connectivity index (χ1n) is 4.95. The molecule has 1 aliphatic carbocycles. The van der Waals surface area contributed by atoms with Gasteiger partial charge in [-0.15, -0.1) is 0 Å². The maximum Gasteiger partial charge on any atom is 0.122 e. The largest absolute Gasteiger partial charge is 0.381 e. The predicted molar refractivity (Wildman–Crippen MR) is 49.7 cm³/mol. The van der Waals surface area contributed by atoms with Gasteiger partial charge in [0.25, 0.3) is 0 Å². The molecule has 76 valence electrons. The summed E-state index contributed by atoms with van der Waals surface area (Å²) in [7, 11) is 1.75. The number of rotatable bonds is 5. The van der Waals surface area contributed by atoms with Crippen LogP contribution in [0.1, 0.15) is 32.1 Å². The van der Waals surface area contributed by atoms with Crippen LogP contribution in [-0.4, -0.2) is 32.2 Å². The summed E-state index contributed by atoms with van der Waals surface area (Å²) in [6.07, 6.45) is 6.47. The van der Waals surface area contributed by atoms with Crippen molar-refractivity contribution >= 4 is 6.29 Å². The van der Waals surface area contributed by atoms with Gasteiger partial charge in [-0.2, -0.15) is 0 Å². The molecule has 13 heavy (non-hydrogen) atoms. The zero-order chi connectivity index (χ0) is 9.52. The van der Waals surface area contributed by atoms with Crippen LogP contribution in [0.2, 0.25) is 0 Å². The first-order valence-corrected chi connectivity index (χ1v) is 4.95. The minimum atomic E-state index is 0.304. The molecule has 3 nitrogen and oxygen atoms in total. The topological polar surface area (TPSA) is 35.5 Å². The Morgan fingerprint density at radius 2 is 2.15 bits per heavy atom. The first kappa shape index (κ1) is 10.7. The van der Waals surface area contributed by atoms with Crippen LogP contribution in [0, 0.1) is 0 Å². The molecule has 0 radical (unpaired) electrons. The highest BCUT2D eigenvalue weighted by molar-refractivity contribution is 5.49. The molecule has 2 unspecified atom stereocenters. The van der Waals surface area contributed by atoms with E-state index < -0.39 is 0 Å². The van der Waals surface area contributed by atoms with Crippen molar-refractivity contribution in [1.29, 1.82) is 0 Å². The van der Waals surface area contributed by atoms with Crippen LogP contribution in [0.25, 0.3) is 0 Å². The Morgan fingerprint density at radius 3 is 2.85 bits per heavy atom. The minimum Gasteiger partial charge on any atom is -0.381 e. The maximum atomic E-state index is 10.1. The molecule has 0 N–H and O–H groups in total. The second-order valence-corrected chi connectivity index (χ2v) is 3.47. The molecule has 0 aromatic rings. The molecule has 1 aliphatic rings. The fraction of sp³-hybridized carbons (Fsp3) is 0.900. The standard InChI is InChI=1S/C10H18O3/c1-12-9-4-2-5-10(8-9)13-7-3-6-11/h6,9-10H,2-5,7-8H2,1H3. The van der Waals surface area contributed by atoms with Crippen LogP contribution >= 0.6 is 0 Å². The Kier molecular flexibility index (Phi) is 5.01. The molecule has 0 aromatic carbocycles. The molecule has 3 heteroatoms. The molecule has 0 aromatic heterocycles. The average molecular weight is 186 g/mol. The highest BCUT2D eigenvalue weighted by atomic mass is 16.5. The molecule has 0 spiro atoms. The molecule has 0 aliphatic heterocycles. The van der Waals surface area contributed by atoms with Crippen molar-refractivity contribution in [3.05, 3.63) is 0 Å². The monoisotopic (exact) mass is 186 g/mol. The van der Waals surface area contributed by atoms with Crippen molar-refractivity contribution in [1.82, 2.24) is 0 Å². The van der Waals surface area contributed by atoms with Gasteiger partial charge in [-0.3, -0.25) is 0 Å². The molecular weight excluding hydrogens is 168 g/mol. The lowest BCUT2D eigenvalue weighted by atomic mass is 9.95. The molecule has 2 atom stereocenters. The summed E-state index contributed by atoms with van der Waals surface area (Å²) in [5.41, 5.74) is 0. The van der Waals surface area contributed by atoms with Gasteiger partial charge < -0.3 is 14.3 Å². The summed E-state index contributed by atoms with van der Waals surface area (Å²) in [6.45, 7) is 0.560. The van der Waals surface area contributed by atoms with E-state index in [1.807, 2.05) is 0 Å². The van der Waals surface area contributed by atoms with Crippen LogP contribution in [0.15, 0.2) is 0 Å². The molecular formula is C10H18O3. The van der Waals surface area contributed by atoms with E-state index in [4.69, 9.17) is 9.47 Å². The fourth-order valence-electron chi connectivity index (χ4n) is 1.75. The minimum absolute atomic E-state index is 0.304. The maximum absolute atomic E-state index is 10.1. The van der Waals surface area contributed by atoms with E-state index in [9.17, 15) is 4.79 Å². The molecule has 0 heterocycles. The fourth-order valence-corrected chi connectivity index (χ4v) is 1.75. The van der Waals surface area contributed by atoms with Crippen molar-refractivity contribution in [3.8, 4) is 0 Å². The Labute approximate surface area is 79.4 Å². The smallest absolute Gasteiger partial charge is 0.122 e. The van der Waals surface area contributed by atoms with Gasteiger partial charge in [0.1, 0.15) is 6.29 Å². The van der Waals surface area contributed by atoms with E-state index in [0.29, 0.717) is 25.2 Å². The number of methoxy groups -OCH3 is 1. The van der Waals surface area contributed by atoms with Gasteiger partial charge in [0.15, 0.2) is 0 Å². The Hall–Kier alpha value is -0.410. The van der Waals surface area contributed by atoms with E-state index in [1.165, 1.54) is 6.42 Å². The van der Waals surface area contributed by atoms with Crippen molar-refractivity contribution in [3.63, 3.8) is 0 Å². The highest BCUT2D eigenvalue weighted by Crippen LogP contribution is 2.22. The zero-order valence-electron chi connectivity index (χ0n) is 8.20. The second kappa shape index (κ2) is 6.11. The van der Waals surface area contributed by atoms with Crippen LogP contribution in [0.4, 0.5) is 0 Å². The van der Waals surface area contributed by atoms with Gasteiger partial charge in [-0.1, -0.05) is 0 Å². The lowest BCUT2D eigenvalue weighted by Crippen LogP contribution is -2.27. The van der Waals surface area contributed by atoms with Crippen LogP contribution < -0.4 is 0 Å². The SMILES string of the molecule is COC1CCCC(OCCC=O)C1. The van der Waals surface area contributed by atoms with Gasteiger partial charge >= 0.3 is 0 Å². The summed E-state index contributed by atoms with van der Waals surface area (Å²) < 4.78 is 10.8. The van der Waals surface area contributed by atoms with Crippen LogP contribution in [0.3, 0.4) is 0 Å². The lowest BCUT2D eigenvalue weighted by molar-refractivity contribution is -0.109. The van der Waals surface area contributed by atoms with E-state index in [2.05, 4.69) is 0 Å². The van der Waals surface area contributed by atoms with E-state index >= 15 is 0 Å². The molecule has 1 saturated carbocycles. The number of hydrogen-bond donors (Lipinski definition) is 0. The third-order valence-electron chi connectivity index (χ3n) is 2.50. The second-order valence-electron chi connectivity index (χ2n) is 3.47. The first-order chi connectivity index (χ1) is 6.36. The van der Waals surface area contributed by atoms with E-state index in [1.54, 1.807) is 7.11 Å². The van der Waals surface area contributed by atoms with E-state index in [-0.39, 0.29) is 0 Å². The average Bonchev–Trinajstić information content (AvgIpc) is 2.19. The lowest BCUT2D eigenvalue weighted by Gasteiger charge is -2.27. The number of hydrogen-bond acceptors (Lipinski definition) is 3. The normalized spacial score (nSPS) is 28.7. The van der Waals surface area contributed by atoms with Crippen molar-refractivity contribution in [2.75, 3.05) is 13.7 Å². The van der Waals surface area contributed by atoms with Crippen molar-refractivity contribution in [2.45, 2.75) is 44.3 Å². The number of carbonyl (C=O) groups is 1. The molecule has 0 saturated heterocycles. The molecule has 1 rings (SSSR count). The number of carbonyl (C=O) groups excluding carboxylic acids is 1. The number of aldehydes is 1. The van der Waals surface area contributed by atoms with Crippen LogP contribution in [0.5, 0.6) is 0 Å². The summed E-state index contributed by atoms with van der Waals surface area (Å²) in [6, 6.07) is 0. The van der Waals surface area contributed by atoms with Gasteiger partial charge in [-0.05, 0) is 25.7 Å². The Balaban J connectivity index is 2.14. The third kappa shape index (κ3) is 3.87. The van der Waals surface area contributed by atoms with Crippen LogP contribution in [-0.2, 0) is 14.3 Å². The van der Waals surface area contributed by atoms with Gasteiger partial charge in [0, 0.05) is 13.5 Å². The molecule has 1 fully saturated rings.